The number of carboxylic acids is 1. The van der Waals surface area contributed by atoms with E-state index in [-0.39, 0.29) is 11.7 Å². The molecule has 4 heteroatoms. The molecule has 0 saturated carbocycles. The molecule has 0 saturated heterocycles. The maximum atomic E-state index is 10.7. The largest absolute Gasteiger partial charge is 0.486 e. The summed E-state index contributed by atoms with van der Waals surface area (Å²) in [4.78, 5) is 10.7. The highest BCUT2D eigenvalue weighted by atomic mass is 16.6. The summed E-state index contributed by atoms with van der Waals surface area (Å²) < 4.78 is 10.8. The first-order valence-corrected chi connectivity index (χ1v) is 4.33. The van der Waals surface area contributed by atoms with Crippen molar-refractivity contribution in [3.8, 4) is 11.5 Å². The Morgan fingerprint density at radius 2 is 2.29 bits per heavy atom. The Bertz CT molecular complexity index is 372. The molecule has 1 aromatic rings. The molecule has 0 amide bonds. The molecule has 2 rings (SSSR count). The zero-order chi connectivity index (χ0) is 10.1. The monoisotopic (exact) mass is 194 g/mol. The van der Waals surface area contributed by atoms with Crippen molar-refractivity contribution >= 4 is 5.97 Å². The lowest BCUT2D eigenvalue weighted by Gasteiger charge is -2.23. The quantitative estimate of drug-likeness (QED) is 0.736. The smallest absolute Gasteiger partial charge is 0.335 e. The van der Waals surface area contributed by atoms with Crippen LogP contribution < -0.4 is 9.47 Å². The van der Waals surface area contributed by atoms with Gasteiger partial charge in [-0.15, -0.1) is 0 Å². The van der Waals surface area contributed by atoms with Crippen molar-refractivity contribution in [3.63, 3.8) is 0 Å². The highest BCUT2D eigenvalue weighted by molar-refractivity contribution is 5.88. The second kappa shape index (κ2) is 3.21. The molecule has 0 radical (unpaired) electrons. The molecule has 0 fully saturated rings. The molecule has 1 heterocycles. The summed E-state index contributed by atoms with van der Waals surface area (Å²) in [6.45, 7) is 2.37. The van der Waals surface area contributed by atoms with E-state index in [1.165, 1.54) is 12.1 Å². The van der Waals surface area contributed by atoms with Gasteiger partial charge in [0, 0.05) is 0 Å². The zero-order valence-corrected chi connectivity index (χ0v) is 7.69. The molecule has 0 spiro atoms. The van der Waals surface area contributed by atoms with Gasteiger partial charge in [-0.05, 0) is 25.1 Å². The summed E-state index contributed by atoms with van der Waals surface area (Å²) in [7, 11) is 0. The number of benzene rings is 1. The van der Waals surface area contributed by atoms with E-state index in [9.17, 15) is 4.79 Å². The molecule has 0 bridgehead atoms. The van der Waals surface area contributed by atoms with Crippen LogP contribution in [0, 0.1) is 0 Å². The average molecular weight is 194 g/mol. The third kappa shape index (κ3) is 1.51. The Morgan fingerprint density at radius 1 is 1.50 bits per heavy atom. The fraction of sp³-hybridized carbons (Fsp3) is 0.300. The maximum absolute atomic E-state index is 10.7. The maximum Gasteiger partial charge on any atom is 0.335 e. The number of rotatable bonds is 1. The van der Waals surface area contributed by atoms with Gasteiger partial charge >= 0.3 is 5.97 Å². The summed E-state index contributed by atoms with van der Waals surface area (Å²) in [5.41, 5.74) is 0.210. The van der Waals surface area contributed by atoms with Crippen LogP contribution in [0.2, 0.25) is 0 Å². The third-order valence-electron chi connectivity index (χ3n) is 1.99. The van der Waals surface area contributed by atoms with Gasteiger partial charge in [0.05, 0.1) is 5.56 Å². The van der Waals surface area contributed by atoms with Crippen molar-refractivity contribution in [3.05, 3.63) is 23.8 Å². The molecule has 1 aromatic carbocycles. The number of aromatic carboxylic acids is 1. The van der Waals surface area contributed by atoms with E-state index in [1.807, 2.05) is 6.92 Å². The minimum atomic E-state index is -0.963. The van der Waals surface area contributed by atoms with Gasteiger partial charge in [-0.1, -0.05) is 0 Å². The summed E-state index contributed by atoms with van der Waals surface area (Å²) in [5.74, 6) is 0.145. The van der Waals surface area contributed by atoms with Gasteiger partial charge in [0.25, 0.3) is 0 Å². The number of ether oxygens (including phenoxy) is 2. The Labute approximate surface area is 81.1 Å². The molecule has 74 valence electrons. The SMILES string of the molecule is CC1COc2ccc(C(=O)O)cc2O1. The van der Waals surface area contributed by atoms with E-state index in [0.29, 0.717) is 18.1 Å². The molecule has 1 unspecified atom stereocenters. The Balaban J connectivity index is 2.37. The molecule has 1 aliphatic heterocycles. The number of hydrogen-bond donors (Lipinski definition) is 1. The average Bonchev–Trinajstić information content (AvgIpc) is 2.16. The molecular weight excluding hydrogens is 184 g/mol. The van der Waals surface area contributed by atoms with Crippen LogP contribution in [-0.2, 0) is 0 Å². The van der Waals surface area contributed by atoms with Crippen LogP contribution in [0.3, 0.4) is 0 Å². The molecule has 0 aromatic heterocycles. The van der Waals surface area contributed by atoms with Gasteiger partial charge in [0.1, 0.15) is 12.7 Å². The number of fused-ring (bicyclic) bond motifs is 1. The number of carboxylic acid groups (broad SMARTS) is 1. The Morgan fingerprint density at radius 3 is 3.00 bits per heavy atom. The summed E-state index contributed by atoms with van der Waals surface area (Å²) in [6.07, 6.45) is -0.0356. The summed E-state index contributed by atoms with van der Waals surface area (Å²) >= 11 is 0. The van der Waals surface area contributed by atoms with Gasteiger partial charge in [0.2, 0.25) is 0 Å². The van der Waals surface area contributed by atoms with Crippen LogP contribution in [0.5, 0.6) is 11.5 Å². The van der Waals surface area contributed by atoms with E-state index in [1.54, 1.807) is 6.07 Å². The predicted molar refractivity (Wildman–Crippen MR) is 49.0 cm³/mol. The van der Waals surface area contributed by atoms with Crippen molar-refractivity contribution < 1.29 is 19.4 Å². The second-order valence-electron chi connectivity index (χ2n) is 3.21. The number of carbonyl (C=O) groups is 1. The minimum Gasteiger partial charge on any atom is -0.486 e. The molecule has 1 atom stereocenters. The number of hydrogen-bond acceptors (Lipinski definition) is 3. The van der Waals surface area contributed by atoms with Crippen molar-refractivity contribution in [2.24, 2.45) is 0 Å². The van der Waals surface area contributed by atoms with Gasteiger partial charge < -0.3 is 14.6 Å². The minimum absolute atomic E-state index is 0.0356. The van der Waals surface area contributed by atoms with Crippen LogP contribution in [-0.4, -0.2) is 23.8 Å². The standard InChI is InChI=1S/C10H10O4/c1-6-5-13-8-3-2-7(10(11)12)4-9(8)14-6/h2-4,6H,5H2,1H3,(H,11,12). The second-order valence-corrected chi connectivity index (χ2v) is 3.21. The molecule has 0 aliphatic carbocycles. The fourth-order valence-electron chi connectivity index (χ4n) is 1.31. The first-order valence-electron chi connectivity index (χ1n) is 4.33. The molecular formula is C10H10O4. The van der Waals surface area contributed by atoms with Gasteiger partial charge in [-0.3, -0.25) is 0 Å². The molecule has 14 heavy (non-hydrogen) atoms. The fourth-order valence-corrected chi connectivity index (χ4v) is 1.31. The highest BCUT2D eigenvalue weighted by Gasteiger charge is 2.18. The van der Waals surface area contributed by atoms with E-state index in [0.717, 1.165) is 0 Å². The predicted octanol–water partition coefficient (Wildman–Crippen LogP) is 1.54. The van der Waals surface area contributed by atoms with Crippen LogP contribution >= 0.6 is 0 Å². The Hall–Kier alpha value is -1.71. The molecule has 1 N–H and O–H groups in total. The van der Waals surface area contributed by atoms with Crippen LogP contribution in [0.4, 0.5) is 0 Å². The third-order valence-corrected chi connectivity index (χ3v) is 1.99. The van der Waals surface area contributed by atoms with Crippen molar-refractivity contribution in [2.45, 2.75) is 13.0 Å². The van der Waals surface area contributed by atoms with Gasteiger partial charge in [-0.25, -0.2) is 4.79 Å². The molecule has 1 aliphatic rings. The highest BCUT2D eigenvalue weighted by Crippen LogP contribution is 2.32. The van der Waals surface area contributed by atoms with Crippen LogP contribution in [0.15, 0.2) is 18.2 Å². The normalized spacial score (nSPS) is 19.1. The topological polar surface area (TPSA) is 55.8 Å². The van der Waals surface area contributed by atoms with Crippen LogP contribution in [0.25, 0.3) is 0 Å². The lowest BCUT2D eigenvalue weighted by atomic mass is 10.2. The lowest BCUT2D eigenvalue weighted by molar-refractivity contribution is 0.0693. The molecule has 4 nitrogen and oxygen atoms in total. The van der Waals surface area contributed by atoms with Gasteiger partial charge in [0.15, 0.2) is 11.5 Å². The van der Waals surface area contributed by atoms with Crippen LogP contribution in [0.1, 0.15) is 17.3 Å². The first-order chi connectivity index (χ1) is 6.66. The van der Waals surface area contributed by atoms with E-state index in [4.69, 9.17) is 14.6 Å². The first kappa shape index (κ1) is 8.87. The van der Waals surface area contributed by atoms with Crippen molar-refractivity contribution in [1.82, 2.24) is 0 Å². The zero-order valence-electron chi connectivity index (χ0n) is 7.69. The lowest BCUT2D eigenvalue weighted by Crippen LogP contribution is -2.25. The summed E-state index contributed by atoms with van der Waals surface area (Å²) in [6, 6.07) is 4.60. The van der Waals surface area contributed by atoms with E-state index in [2.05, 4.69) is 0 Å². The Kier molecular flexibility index (Phi) is 2.04. The van der Waals surface area contributed by atoms with Crippen molar-refractivity contribution in [2.75, 3.05) is 6.61 Å². The summed E-state index contributed by atoms with van der Waals surface area (Å²) in [5, 5.41) is 8.76. The van der Waals surface area contributed by atoms with Gasteiger partial charge in [-0.2, -0.15) is 0 Å². The van der Waals surface area contributed by atoms with E-state index < -0.39 is 5.97 Å². The van der Waals surface area contributed by atoms with E-state index >= 15 is 0 Å². The van der Waals surface area contributed by atoms with Crippen molar-refractivity contribution in [1.29, 1.82) is 0 Å².